The van der Waals surface area contributed by atoms with Crippen molar-refractivity contribution in [3.63, 3.8) is 0 Å². The fourth-order valence-corrected chi connectivity index (χ4v) is 0.801. The molecule has 0 saturated carbocycles. The first kappa shape index (κ1) is 8.92. The summed E-state index contributed by atoms with van der Waals surface area (Å²) in [6, 6.07) is 0. The van der Waals surface area contributed by atoms with E-state index in [4.69, 9.17) is 0 Å². The molecule has 0 bridgehead atoms. The Labute approximate surface area is 57.4 Å². The summed E-state index contributed by atoms with van der Waals surface area (Å²) in [6.45, 7) is 6.10. The number of hydrogen-bond donors (Lipinski definition) is 1. The van der Waals surface area contributed by atoms with Crippen molar-refractivity contribution >= 4 is 0 Å². The Morgan fingerprint density at radius 2 is 1.89 bits per heavy atom. The van der Waals surface area contributed by atoms with Crippen LogP contribution >= 0.6 is 0 Å². The van der Waals surface area contributed by atoms with E-state index in [0.29, 0.717) is 5.06 Å². The predicted octanol–water partition coefficient (Wildman–Crippen LogP) is 0.578. The third-order valence-corrected chi connectivity index (χ3v) is 1.83. The van der Waals surface area contributed by atoms with Crippen LogP contribution in [0.25, 0.3) is 0 Å². The molecule has 0 aliphatic heterocycles. The van der Waals surface area contributed by atoms with E-state index < -0.39 is 0 Å². The molecule has 2 nitrogen and oxygen atoms in total. The number of hydrogen-bond acceptors (Lipinski definition) is 1. The Balaban J connectivity index is 3.70. The number of hydroxylamine groups is 2. The van der Waals surface area contributed by atoms with Crippen LogP contribution in [0.4, 0.5) is 0 Å². The fourth-order valence-electron chi connectivity index (χ4n) is 0.801. The van der Waals surface area contributed by atoms with Gasteiger partial charge in [-0.05, 0) is 13.8 Å². The third-order valence-electron chi connectivity index (χ3n) is 1.83. The first-order valence-corrected chi connectivity index (χ1v) is 3.51. The molecule has 0 fully saturated rings. The molecule has 0 heterocycles. The summed E-state index contributed by atoms with van der Waals surface area (Å²) in [5.41, 5.74) is -0.0885. The van der Waals surface area contributed by atoms with Gasteiger partial charge in [-0.15, -0.1) is 0 Å². The molecule has 0 rings (SSSR count). The smallest absolute Gasteiger partial charge is 0.0914 e. The van der Waals surface area contributed by atoms with E-state index in [2.05, 4.69) is 6.92 Å². The first-order valence-electron chi connectivity index (χ1n) is 3.51. The SMILES string of the molecule is CCCC(C)(C)[NH+](C)[O-]. The van der Waals surface area contributed by atoms with Gasteiger partial charge < -0.3 is 10.3 Å². The van der Waals surface area contributed by atoms with E-state index in [1.54, 1.807) is 7.05 Å². The Morgan fingerprint density at radius 1 is 1.44 bits per heavy atom. The van der Waals surface area contributed by atoms with Crippen LogP contribution in [0.1, 0.15) is 33.6 Å². The van der Waals surface area contributed by atoms with Gasteiger partial charge in [0.15, 0.2) is 0 Å². The summed E-state index contributed by atoms with van der Waals surface area (Å²) >= 11 is 0. The zero-order valence-electron chi connectivity index (χ0n) is 6.82. The van der Waals surface area contributed by atoms with Gasteiger partial charge in [-0.1, -0.05) is 13.3 Å². The van der Waals surface area contributed by atoms with Gasteiger partial charge in [-0.25, -0.2) is 0 Å². The van der Waals surface area contributed by atoms with Crippen molar-refractivity contribution in [1.82, 2.24) is 0 Å². The molecular formula is C7H17NO. The van der Waals surface area contributed by atoms with Gasteiger partial charge in [-0.3, -0.25) is 0 Å². The summed E-state index contributed by atoms with van der Waals surface area (Å²) in [4.78, 5) is 0. The van der Waals surface area contributed by atoms with Crippen molar-refractivity contribution < 1.29 is 5.06 Å². The van der Waals surface area contributed by atoms with Crippen molar-refractivity contribution in [3.8, 4) is 0 Å². The second-order valence-electron chi connectivity index (χ2n) is 3.19. The summed E-state index contributed by atoms with van der Waals surface area (Å²) in [7, 11) is 1.66. The average molecular weight is 131 g/mol. The molecule has 9 heavy (non-hydrogen) atoms. The lowest BCUT2D eigenvalue weighted by Gasteiger charge is -2.34. The topological polar surface area (TPSA) is 27.5 Å². The average Bonchev–Trinajstić information content (AvgIpc) is 1.65. The molecule has 2 heteroatoms. The molecule has 0 aliphatic carbocycles. The second kappa shape index (κ2) is 3.18. The number of nitrogens with one attached hydrogen (secondary N) is 1. The quantitative estimate of drug-likeness (QED) is 0.557. The molecule has 0 aromatic carbocycles. The van der Waals surface area contributed by atoms with Gasteiger partial charge in [-0.2, -0.15) is 0 Å². The number of quaternary nitrogens is 1. The molecular weight excluding hydrogens is 114 g/mol. The van der Waals surface area contributed by atoms with Crippen molar-refractivity contribution in [2.24, 2.45) is 0 Å². The van der Waals surface area contributed by atoms with Gasteiger partial charge in [0, 0.05) is 6.42 Å². The van der Waals surface area contributed by atoms with Crippen LogP contribution < -0.4 is 5.06 Å². The largest absolute Gasteiger partial charge is 0.634 e. The maximum Gasteiger partial charge on any atom is 0.0914 e. The second-order valence-corrected chi connectivity index (χ2v) is 3.19. The van der Waals surface area contributed by atoms with Gasteiger partial charge in [0.1, 0.15) is 0 Å². The fraction of sp³-hybridized carbons (Fsp3) is 1.00. The van der Waals surface area contributed by atoms with Crippen LogP contribution in [-0.4, -0.2) is 12.6 Å². The molecule has 0 aliphatic rings. The lowest BCUT2D eigenvalue weighted by Crippen LogP contribution is -3.12. The van der Waals surface area contributed by atoms with Crippen LogP contribution in [0, 0.1) is 5.21 Å². The lowest BCUT2D eigenvalue weighted by molar-refractivity contribution is -0.881. The molecule has 0 aromatic heterocycles. The van der Waals surface area contributed by atoms with E-state index in [1.165, 1.54) is 0 Å². The number of rotatable bonds is 3. The monoisotopic (exact) mass is 131 g/mol. The Bertz CT molecular complexity index is 79.0. The standard InChI is InChI=1S/C7H17NO/c1-5-6-7(2,3)8(4)9/h8H,5-6H2,1-4H3. The maximum atomic E-state index is 10.9. The Hall–Kier alpha value is -0.0800. The molecule has 1 unspecified atom stereocenters. The van der Waals surface area contributed by atoms with Gasteiger partial charge >= 0.3 is 0 Å². The van der Waals surface area contributed by atoms with E-state index in [1.807, 2.05) is 13.8 Å². The minimum absolute atomic E-state index is 0.0885. The maximum absolute atomic E-state index is 10.9. The molecule has 0 saturated heterocycles. The molecule has 1 N–H and O–H groups in total. The highest BCUT2D eigenvalue weighted by molar-refractivity contribution is 4.63. The van der Waals surface area contributed by atoms with Gasteiger partial charge in [0.2, 0.25) is 0 Å². The highest BCUT2D eigenvalue weighted by Gasteiger charge is 2.19. The summed E-state index contributed by atoms with van der Waals surface area (Å²) in [6.07, 6.45) is 2.09. The minimum atomic E-state index is -0.0885. The lowest BCUT2D eigenvalue weighted by atomic mass is 9.99. The van der Waals surface area contributed by atoms with Crippen molar-refractivity contribution in [2.75, 3.05) is 7.05 Å². The third kappa shape index (κ3) is 2.82. The predicted molar refractivity (Wildman–Crippen MR) is 39.2 cm³/mol. The molecule has 0 spiro atoms. The first-order chi connectivity index (χ1) is 4.00. The van der Waals surface area contributed by atoms with Crippen molar-refractivity contribution in [2.45, 2.75) is 39.2 Å². The van der Waals surface area contributed by atoms with E-state index >= 15 is 0 Å². The van der Waals surface area contributed by atoms with E-state index in [9.17, 15) is 5.21 Å². The summed E-state index contributed by atoms with van der Waals surface area (Å²) in [5.74, 6) is 0. The van der Waals surface area contributed by atoms with Gasteiger partial charge in [0.25, 0.3) is 0 Å². The zero-order chi connectivity index (χ0) is 7.49. The Morgan fingerprint density at radius 3 is 2.00 bits per heavy atom. The van der Waals surface area contributed by atoms with Crippen LogP contribution in [0.5, 0.6) is 0 Å². The van der Waals surface area contributed by atoms with Gasteiger partial charge in [0.05, 0.1) is 12.6 Å². The highest BCUT2D eigenvalue weighted by Crippen LogP contribution is 2.04. The normalized spacial score (nSPS) is 15.7. The van der Waals surface area contributed by atoms with Crippen LogP contribution in [0.15, 0.2) is 0 Å². The molecule has 0 aromatic rings. The molecule has 0 amide bonds. The van der Waals surface area contributed by atoms with E-state index in [-0.39, 0.29) is 5.54 Å². The molecule has 1 atom stereocenters. The van der Waals surface area contributed by atoms with Crippen molar-refractivity contribution in [3.05, 3.63) is 5.21 Å². The van der Waals surface area contributed by atoms with E-state index in [0.717, 1.165) is 12.8 Å². The molecule has 0 radical (unpaired) electrons. The Kier molecular flexibility index (Phi) is 3.15. The molecule has 56 valence electrons. The van der Waals surface area contributed by atoms with Crippen LogP contribution in [0.3, 0.4) is 0 Å². The minimum Gasteiger partial charge on any atom is -0.634 e. The highest BCUT2D eigenvalue weighted by atomic mass is 16.5. The summed E-state index contributed by atoms with van der Waals surface area (Å²) < 4.78 is 0. The van der Waals surface area contributed by atoms with Crippen molar-refractivity contribution in [1.29, 1.82) is 0 Å². The summed E-state index contributed by atoms with van der Waals surface area (Å²) in [5, 5.41) is 11.2. The van der Waals surface area contributed by atoms with Crippen LogP contribution in [0.2, 0.25) is 0 Å². The zero-order valence-corrected chi connectivity index (χ0v) is 6.82. The van der Waals surface area contributed by atoms with Crippen LogP contribution in [-0.2, 0) is 0 Å².